The molecular formula is C21H28N4O2. The number of carbonyl (C=O) groups is 1. The van der Waals surface area contributed by atoms with Gasteiger partial charge in [0.05, 0.1) is 5.69 Å². The molecule has 0 aliphatic carbocycles. The third-order valence-corrected chi connectivity index (χ3v) is 4.63. The molecule has 1 aliphatic heterocycles. The normalized spacial score (nSPS) is 14.2. The smallest absolute Gasteiger partial charge is 0.248 e. The molecule has 0 atom stereocenters. The molecule has 2 aromatic rings. The highest BCUT2D eigenvalue weighted by Crippen LogP contribution is 2.32. The number of likely N-dealkylation sites (tertiary alicyclic amines) is 1. The first-order valence-corrected chi connectivity index (χ1v) is 9.46. The highest BCUT2D eigenvalue weighted by molar-refractivity contribution is 6.00. The van der Waals surface area contributed by atoms with Gasteiger partial charge in [-0.05, 0) is 64.0 Å². The van der Waals surface area contributed by atoms with Crippen LogP contribution in [0.4, 0.5) is 5.69 Å². The zero-order valence-electron chi connectivity index (χ0n) is 16.4. The Labute approximate surface area is 160 Å². The van der Waals surface area contributed by atoms with Gasteiger partial charge in [0.15, 0.2) is 0 Å². The summed E-state index contributed by atoms with van der Waals surface area (Å²) < 4.78 is 7.90. The maximum atomic E-state index is 12.0. The Hall–Kier alpha value is -2.60. The number of hydrogen-bond donors (Lipinski definition) is 1. The number of nitrogens with one attached hydrogen (secondary N) is 1. The highest BCUT2D eigenvalue weighted by atomic mass is 16.5. The number of aryl methyl sites for hydroxylation is 1. The van der Waals surface area contributed by atoms with Crippen LogP contribution in [0, 0.1) is 0 Å². The van der Waals surface area contributed by atoms with Gasteiger partial charge >= 0.3 is 0 Å². The summed E-state index contributed by atoms with van der Waals surface area (Å²) in [6.45, 7) is 7.70. The zero-order chi connectivity index (χ0) is 19.2. The summed E-state index contributed by atoms with van der Waals surface area (Å²) in [5.41, 5.74) is 3.57. The van der Waals surface area contributed by atoms with Gasteiger partial charge in [0.2, 0.25) is 5.91 Å². The van der Waals surface area contributed by atoms with Crippen LogP contribution < -0.4 is 10.1 Å². The SMILES string of the molecule is CC(C)=CC(=O)Nc1ccc(OCCN2CCCC2)c(-c2ccnn2C)c1. The van der Waals surface area contributed by atoms with Crippen molar-refractivity contribution in [3.63, 3.8) is 0 Å². The van der Waals surface area contributed by atoms with Crippen molar-refractivity contribution in [1.29, 1.82) is 0 Å². The molecule has 0 bridgehead atoms. The molecule has 0 unspecified atom stereocenters. The largest absolute Gasteiger partial charge is 0.492 e. The first-order chi connectivity index (χ1) is 13.0. The van der Waals surface area contributed by atoms with E-state index in [1.165, 1.54) is 12.8 Å². The van der Waals surface area contributed by atoms with E-state index in [-0.39, 0.29) is 5.91 Å². The van der Waals surface area contributed by atoms with E-state index in [4.69, 9.17) is 4.74 Å². The monoisotopic (exact) mass is 368 g/mol. The van der Waals surface area contributed by atoms with E-state index in [1.54, 1.807) is 12.3 Å². The number of rotatable bonds is 7. The van der Waals surface area contributed by atoms with Crippen molar-refractivity contribution in [2.24, 2.45) is 7.05 Å². The van der Waals surface area contributed by atoms with Crippen molar-refractivity contribution in [2.75, 3.05) is 31.6 Å². The van der Waals surface area contributed by atoms with Crippen LogP contribution >= 0.6 is 0 Å². The predicted octanol–water partition coefficient (Wildman–Crippen LogP) is 3.47. The maximum absolute atomic E-state index is 12.0. The second-order valence-electron chi connectivity index (χ2n) is 7.16. The molecule has 1 amide bonds. The number of nitrogens with zero attached hydrogens (tertiary/aromatic N) is 3. The second-order valence-corrected chi connectivity index (χ2v) is 7.16. The second kappa shape index (κ2) is 8.86. The van der Waals surface area contributed by atoms with Crippen molar-refractivity contribution in [2.45, 2.75) is 26.7 Å². The number of aromatic nitrogens is 2. The van der Waals surface area contributed by atoms with Crippen molar-refractivity contribution in [1.82, 2.24) is 14.7 Å². The van der Waals surface area contributed by atoms with Crippen LogP contribution in [0.5, 0.6) is 5.75 Å². The van der Waals surface area contributed by atoms with Crippen molar-refractivity contribution in [3.8, 4) is 17.0 Å². The summed E-state index contributed by atoms with van der Waals surface area (Å²) in [4.78, 5) is 14.5. The van der Waals surface area contributed by atoms with Crippen LogP contribution in [-0.4, -0.2) is 46.8 Å². The van der Waals surface area contributed by atoms with Crippen molar-refractivity contribution >= 4 is 11.6 Å². The molecule has 0 spiro atoms. The van der Waals surface area contributed by atoms with Crippen LogP contribution in [0.15, 0.2) is 42.1 Å². The molecule has 3 rings (SSSR count). The Bertz CT molecular complexity index is 815. The molecular weight excluding hydrogens is 340 g/mol. The third kappa shape index (κ3) is 5.20. The molecule has 1 saturated heterocycles. The lowest BCUT2D eigenvalue weighted by Gasteiger charge is -2.17. The summed E-state index contributed by atoms with van der Waals surface area (Å²) in [5.74, 6) is 0.673. The first kappa shape index (κ1) is 19.2. The van der Waals surface area contributed by atoms with Crippen LogP contribution in [0.3, 0.4) is 0 Å². The van der Waals surface area contributed by atoms with Gasteiger partial charge in [-0.1, -0.05) is 5.57 Å². The topological polar surface area (TPSA) is 59.4 Å². The van der Waals surface area contributed by atoms with E-state index < -0.39 is 0 Å². The third-order valence-electron chi connectivity index (χ3n) is 4.63. The number of allylic oxidation sites excluding steroid dienone is 1. The number of benzene rings is 1. The Balaban J connectivity index is 1.78. The van der Waals surface area contributed by atoms with E-state index in [2.05, 4.69) is 15.3 Å². The standard InChI is InChI=1S/C21H28N4O2/c1-16(2)14-21(26)23-17-6-7-20(27-13-12-25-10-4-5-11-25)18(15-17)19-8-9-22-24(19)3/h6-9,14-15H,4-5,10-13H2,1-3H3,(H,23,26). The summed E-state index contributed by atoms with van der Waals surface area (Å²) in [7, 11) is 1.90. The average Bonchev–Trinajstić information content (AvgIpc) is 3.27. The Morgan fingerprint density at radius 1 is 1.26 bits per heavy atom. The lowest BCUT2D eigenvalue weighted by atomic mass is 10.1. The molecule has 0 saturated carbocycles. The zero-order valence-corrected chi connectivity index (χ0v) is 16.4. The van der Waals surface area contributed by atoms with Crippen LogP contribution in [0.25, 0.3) is 11.3 Å². The molecule has 6 nitrogen and oxygen atoms in total. The molecule has 1 N–H and O–H groups in total. The number of carbonyl (C=O) groups excluding carboxylic acids is 1. The quantitative estimate of drug-likeness (QED) is 0.761. The van der Waals surface area contributed by atoms with Gasteiger partial charge < -0.3 is 10.1 Å². The van der Waals surface area contributed by atoms with Gasteiger partial charge in [0.1, 0.15) is 12.4 Å². The number of anilines is 1. The molecule has 6 heteroatoms. The van der Waals surface area contributed by atoms with Gasteiger partial charge in [0.25, 0.3) is 0 Å². The minimum atomic E-state index is -0.131. The fraction of sp³-hybridized carbons (Fsp3) is 0.429. The van der Waals surface area contributed by atoms with E-state index >= 15 is 0 Å². The Morgan fingerprint density at radius 2 is 2.04 bits per heavy atom. The Kier molecular flexibility index (Phi) is 6.29. The fourth-order valence-electron chi connectivity index (χ4n) is 3.30. The molecule has 0 radical (unpaired) electrons. The van der Waals surface area contributed by atoms with Crippen molar-refractivity contribution in [3.05, 3.63) is 42.1 Å². The molecule has 1 aromatic heterocycles. The summed E-state index contributed by atoms with van der Waals surface area (Å²) >= 11 is 0. The minimum absolute atomic E-state index is 0.131. The summed E-state index contributed by atoms with van der Waals surface area (Å²) in [5, 5.41) is 7.18. The molecule has 1 fully saturated rings. The summed E-state index contributed by atoms with van der Waals surface area (Å²) in [6, 6.07) is 7.69. The lowest BCUT2D eigenvalue weighted by Crippen LogP contribution is -2.25. The van der Waals surface area contributed by atoms with Gasteiger partial charge in [-0.3, -0.25) is 14.4 Å². The van der Waals surface area contributed by atoms with E-state index in [1.807, 2.05) is 49.8 Å². The highest BCUT2D eigenvalue weighted by Gasteiger charge is 2.14. The van der Waals surface area contributed by atoms with Gasteiger partial charge in [-0.15, -0.1) is 0 Å². The fourth-order valence-corrected chi connectivity index (χ4v) is 3.30. The van der Waals surface area contributed by atoms with Gasteiger partial charge in [-0.25, -0.2) is 0 Å². The maximum Gasteiger partial charge on any atom is 0.248 e. The van der Waals surface area contributed by atoms with E-state index in [0.29, 0.717) is 6.61 Å². The Morgan fingerprint density at radius 3 is 2.70 bits per heavy atom. The minimum Gasteiger partial charge on any atom is -0.492 e. The molecule has 2 heterocycles. The number of amides is 1. The molecule has 27 heavy (non-hydrogen) atoms. The molecule has 1 aromatic carbocycles. The lowest BCUT2D eigenvalue weighted by molar-refractivity contribution is -0.111. The number of hydrogen-bond acceptors (Lipinski definition) is 4. The van der Waals surface area contributed by atoms with Gasteiger partial charge in [-0.2, -0.15) is 5.10 Å². The van der Waals surface area contributed by atoms with Gasteiger partial charge in [0, 0.05) is 37.1 Å². The molecule has 1 aliphatic rings. The van der Waals surface area contributed by atoms with E-state index in [9.17, 15) is 4.79 Å². The van der Waals surface area contributed by atoms with Crippen molar-refractivity contribution < 1.29 is 9.53 Å². The molecule has 144 valence electrons. The van der Waals surface area contributed by atoms with Crippen LogP contribution in [-0.2, 0) is 11.8 Å². The first-order valence-electron chi connectivity index (χ1n) is 9.46. The van der Waals surface area contributed by atoms with E-state index in [0.717, 1.165) is 47.9 Å². The summed E-state index contributed by atoms with van der Waals surface area (Å²) in [6.07, 6.45) is 5.91. The predicted molar refractivity (Wildman–Crippen MR) is 108 cm³/mol. The number of ether oxygens (including phenoxy) is 1. The van der Waals surface area contributed by atoms with Crippen LogP contribution in [0.1, 0.15) is 26.7 Å². The van der Waals surface area contributed by atoms with Crippen LogP contribution in [0.2, 0.25) is 0 Å². The average molecular weight is 368 g/mol.